The van der Waals surface area contributed by atoms with Crippen molar-refractivity contribution in [1.29, 1.82) is 0 Å². The lowest BCUT2D eigenvalue weighted by Crippen LogP contribution is -2.40. The molecule has 1 aliphatic rings. The van der Waals surface area contributed by atoms with Gasteiger partial charge in [0.05, 0.1) is 0 Å². The van der Waals surface area contributed by atoms with E-state index >= 15 is 0 Å². The molecule has 0 aliphatic carbocycles. The maximum Gasteiger partial charge on any atom is 0.0347 e. The van der Waals surface area contributed by atoms with Crippen LogP contribution in [0.15, 0.2) is 42.5 Å². The molecule has 1 atom stereocenters. The van der Waals surface area contributed by atoms with E-state index in [1.807, 2.05) is 0 Å². The first-order chi connectivity index (χ1) is 9.33. The number of nitrogens with one attached hydrogen (secondary N) is 1. The van der Waals surface area contributed by atoms with Gasteiger partial charge in [-0.25, -0.2) is 0 Å². The first kappa shape index (κ1) is 12.5. The predicted octanol–water partition coefficient (Wildman–Crippen LogP) is 3.74. The second-order valence-corrected chi connectivity index (χ2v) is 5.57. The summed E-state index contributed by atoms with van der Waals surface area (Å²) in [5, 5.41) is 6.21. The third-order valence-corrected chi connectivity index (χ3v) is 4.21. The topological polar surface area (TPSA) is 15.3 Å². The molecular weight excluding hydrogens is 232 g/mol. The highest BCUT2D eigenvalue weighted by atomic mass is 15.2. The molecule has 3 rings (SSSR count). The zero-order valence-electron chi connectivity index (χ0n) is 11.6. The minimum absolute atomic E-state index is 0.681. The normalized spacial score (nSPS) is 20.6. The average molecular weight is 254 g/mol. The summed E-state index contributed by atoms with van der Waals surface area (Å²) in [5.41, 5.74) is 1.23. The molecule has 0 spiro atoms. The van der Waals surface area contributed by atoms with Gasteiger partial charge in [-0.05, 0) is 49.3 Å². The summed E-state index contributed by atoms with van der Waals surface area (Å²) >= 11 is 0. The fourth-order valence-electron chi connectivity index (χ4n) is 2.94. The number of hydrogen-bond donors (Lipinski definition) is 1. The van der Waals surface area contributed by atoms with Crippen LogP contribution in [0.3, 0.4) is 0 Å². The van der Waals surface area contributed by atoms with Crippen LogP contribution in [-0.4, -0.2) is 31.1 Å². The molecule has 0 amide bonds. The van der Waals surface area contributed by atoms with Crippen LogP contribution >= 0.6 is 0 Å². The predicted molar refractivity (Wildman–Crippen MR) is 82.7 cm³/mol. The van der Waals surface area contributed by atoms with Gasteiger partial charge in [0.1, 0.15) is 0 Å². The van der Waals surface area contributed by atoms with E-state index in [1.54, 1.807) is 0 Å². The maximum absolute atomic E-state index is 3.60. The van der Waals surface area contributed by atoms with E-state index in [2.05, 4.69) is 59.7 Å². The number of benzene rings is 2. The van der Waals surface area contributed by atoms with E-state index in [0.29, 0.717) is 6.04 Å². The molecule has 1 unspecified atom stereocenters. The summed E-state index contributed by atoms with van der Waals surface area (Å²) in [6, 6.07) is 15.8. The van der Waals surface area contributed by atoms with Crippen molar-refractivity contribution in [1.82, 2.24) is 4.90 Å². The first-order valence-corrected chi connectivity index (χ1v) is 7.26. The molecule has 1 saturated heterocycles. The van der Waals surface area contributed by atoms with Crippen LogP contribution in [0, 0.1) is 0 Å². The molecule has 0 saturated carbocycles. The molecule has 0 aromatic heterocycles. The molecule has 1 heterocycles. The Hall–Kier alpha value is -1.54. The van der Waals surface area contributed by atoms with Gasteiger partial charge >= 0.3 is 0 Å². The second-order valence-electron chi connectivity index (χ2n) is 5.57. The maximum atomic E-state index is 3.60. The SMILES string of the molecule is CN1CCCCC1CNc1ccc2ccccc2c1. The van der Waals surface area contributed by atoms with Crippen LogP contribution in [0.4, 0.5) is 5.69 Å². The molecule has 0 bridgehead atoms. The Morgan fingerprint density at radius 3 is 2.79 bits per heavy atom. The van der Waals surface area contributed by atoms with E-state index < -0.39 is 0 Å². The minimum Gasteiger partial charge on any atom is -0.383 e. The third kappa shape index (κ3) is 2.90. The zero-order valence-corrected chi connectivity index (χ0v) is 11.6. The second kappa shape index (κ2) is 5.62. The summed E-state index contributed by atoms with van der Waals surface area (Å²) in [5.74, 6) is 0. The molecular formula is C17H22N2. The zero-order chi connectivity index (χ0) is 13.1. The minimum atomic E-state index is 0.681. The lowest BCUT2D eigenvalue weighted by molar-refractivity contribution is 0.194. The molecule has 2 aromatic rings. The average Bonchev–Trinajstić information content (AvgIpc) is 2.46. The molecule has 2 nitrogen and oxygen atoms in total. The molecule has 19 heavy (non-hydrogen) atoms. The first-order valence-electron chi connectivity index (χ1n) is 7.26. The van der Waals surface area contributed by atoms with Crippen LogP contribution in [0.2, 0.25) is 0 Å². The summed E-state index contributed by atoms with van der Waals surface area (Å²) < 4.78 is 0. The highest BCUT2D eigenvalue weighted by Gasteiger charge is 2.18. The van der Waals surface area contributed by atoms with Gasteiger partial charge in [0, 0.05) is 18.3 Å². The Kier molecular flexibility index (Phi) is 3.69. The number of hydrogen-bond acceptors (Lipinski definition) is 2. The molecule has 2 aromatic carbocycles. The lowest BCUT2D eigenvalue weighted by atomic mass is 10.0. The van der Waals surface area contributed by atoms with E-state index in [1.165, 1.54) is 42.3 Å². The third-order valence-electron chi connectivity index (χ3n) is 4.21. The van der Waals surface area contributed by atoms with E-state index in [9.17, 15) is 0 Å². The van der Waals surface area contributed by atoms with Crippen LogP contribution in [0.1, 0.15) is 19.3 Å². The Morgan fingerprint density at radius 1 is 1.11 bits per heavy atom. The molecule has 1 fully saturated rings. The summed E-state index contributed by atoms with van der Waals surface area (Å²) in [6.45, 7) is 2.29. The van der Waals surface area contributed by atoms with Gasteiger partial charge < -0.3 is 10.2 Å². The quantitative estimate of drug-likeness (QED) is 0.897. The number of piperidine rings is 1. The fourth-order valence-corrected chi connectivity index (χ4v) is 2.94. The Bertz CT molecular complexity index is 550. The van der Waals surface area contributed by atoms with Crippen molar-refractivity contribution in [3.8, 4) is 0 Å². The van der Waals surface area contributed by atoms with Gasteiger partial charge in [-0.2, -0.15) is 0 Å². The van der Waals surface area contributed by atoms with Gasteiger partial charge in [0.2, 0.25) is 0 Å². The van der Waals surface area contributed by atoms with Crippen LogP contribution in [0.25, 0.3) is 10.8 Å². The van der Waals surface area contributed by atoms with Crippen LogP contribution < -0.4 is 5.32 Å². The summed E-state index contributed by atoms with van der Waals surface area (Å²) in [4.78, 5) is 2.48. The highest BCUT2D eigenvalue weighted by Crippen LogP contribution is 2.20. The Labute approximate surface area is 115 Å². The van der Waals surface area contributed by atoms with E-state index in [4.69, 9.17) is 0 Å². The van der Waals surface area contributed by atoms with Crippen molar-refractivity contribution in [2.45, 2.75) is 25.3 Å². The van der Waals surface area contributed by atoms with E-state index in [0.717, 1.165) is 6.54 Å². The molecule has 0 radical (unpaired) electrons. The van der Waals surface area contributed by atoms with E-state index in [-0.39, 0.29) is 0 Å². The highest BCUT2D eigenvalue weighted by molar-refractivity contribution is 5.85. The van der Waals surface area contributed by atoms with Crippen molar-refractivity contribution in [2.75, 3.05) is 25.5 Å². The largest absolute Gasteiger partial charge is 0.383 e. The summed E-state index contributed by atoms with van der Waals surface area (Å²) in [7, 11) is 2.24. The number of likely N-dealkylation sites (tertiary alicyclic amines) is 1. The lowest BCUT2D eigenvalue weighted by Gasteiger charge is -2.32. The fraction of sp³-hybridized carbons (Fsp3) is 0.412. The van der Waals surface area contributed by atoms with Gasteiger partial charge in [-0.1, -0.05) is 36.8 Å². The van der Waals surface area contributed by atoms with Gasteiger partial charge in [-0.3, -0.25) is 0 Å². The van der Waals surface area contributed by atoms with Crippen molar-refractivity contribution in [3.63, 3.8) is 0 Å². The van der Waals surface area contributed by atoms with Gasteiger partial charge in [0.15, 0.2) is 0 Å². The van der Waals surface area contributed by atoms with Crippen LogP contribution in [0.5, 0.6) is 0 Å². The summed E-state index contributed by atoms with van der Waals surface area (Å²) in [6.07, 6.45) is 4.04. The van der Waals surface area contributed by atoms with Gasteiger partial charge in [0.25, 0.3) is 0 Å². The smallest absolute Gasteiger partial charge is 0.0347 e. The van der Waals surface area contributed by atoms with Crippen molar-refractivity contribution >= 4 is 16.5 Å². The monoisotopic (exact) mass is 254 g/mol. The number of rotatable bonds is 3. The number of nitrogens with zero attached hydrogens (tertiary/aromatic N) is 1. The molecule has 100 valence electrons. The molecule has 1 aliphatic heterocycles. The Morgan fingerprint density at radius 2 is 1.95 bits per heavy atom. The molecule has 1 N–H and O–H groups in total. The number of likely N-dealkylation sites (N-methyl/N-ethyl adjacent to an activating group) is 1. The van der Waals surface area contributed by atoms with Crippen molar-refractivity contribution in [3.05, 3.63) is 42.5 Å². The van der Waals surface area contributed by atoms with Crippen molar-refractivity contribution in [2.24, 2.45) is 0 Å². The Balaban J connectivity index is 1.67. The number of fused-ring (bicyclic) bond motifs is 1. The molecule has 2 heteroatoms. The van der Waals surface area contributed by atoms with Crippen molar-refractivity contribution < 1.29 is 0 Å². The van der Waals surface area contributed by atoms with Gasteiger partial charge in [-0.15, -0.1) is 0 Å². The number of anilines is 1. The van der Waals surface area contributed by atoms with Crippen LogP contribution in [-0.2, 0) is 0 Å². The standard InChI is InChI=1S/C17H22N2/c1-19-11-5-4-8-17(19)13-18-16-10-9-14-6-2-3-7-15(14)12-16/h2-3,6-7,9-10,12,17-18H,4-5,8,11,13H2,1H3.